The number of benzene rings is 2. The van der Waals surface area contributed by atoms with Crippen molar-refractivity contribution < 1.29 is 14.3 Å². The van der Waals surface area contributed by atoms with E-state index in [-0.39, 0.29) is 11.9 Å². The average Bonchev–Trinajstić information content (AvgIpc) is 2.75. The number of rotatable bonds is 6. The van der Waals surface area contributed by atoms with E-state index in [2.05, 4.69) is 10.2 Å². The van der Waals surface area contributed by atoms with Crippen molar-refractivity contribution in [2.75, 3.05) is 44.6 Å². The van der Waals surface area contributed by atoms with Crippen LogP contribution in [-0.2, 0) is 0 Å². The van der Waals surface area contributed by atoms with Crippen LogP contribution in [0, 0.1) is 5.41 Å². The van der Waals surface area contributed by atoms with Gasteiger partial charge in [0.05, 0.1) is 5.56 Å². The molecule has 0 unspecified atom stereocenters. The topological polar surface area (TPSA) is 138 Å². The lowest BCUT2D eigenvalue weighted by Crippen LogP contribution is -2.49. The second-order valence-electron chi connectivity index (χ2n) is 6.95. The van der Waals surface area contributed by atoms with Crippen molar-refractivity contribution in [1.82, 2.24) is 9.80 Å². The Morgan fingerprint density at radius 3 is 2.13 bits per heavy atom. The van der Waals surface area contributed by atoms with Gasteiger partial charge in [-0.15, -0.1) is 0 Å². The Labute approximate surface area is 175 Å². The number of anilines is 1. The lowest BCUT2D eigenvalue weighted by Gasteiger charge is -2.34. The lowest BCUT2D eigenvalue weighted by molar-refractivity contribution is 0.0641. The summed E-state index contributed by atoms with van der Waals surface area (Å²) in [5.74, 6) is -0.374. The third kappa shape index (κ3) is 5.56. The van der Waals surface area contributed by atoms with Gasteiger partial charge in [-0.2, -0.15) is 0 Å². The summed E-state index contributed by atoms with van der Waals surface area (Å²) in [7, 11) is 0. The molecule has 0 bridgehead atoms. The first kappa shape index (κ1) is 21.3. The fourth-order valence-corrected chi connectivity index (χ4v) is 3.22. The Morgan fingerprint density at radius 1 is 0.967 bits per heavy atom. The van der Waals surface area contributed by atoms with Crippen molar-refractivity contribution in [3.63, 3.8) is 0 Å². The highest BCUT2D eigenvalue weighted by atomic mass is 16.5. The van der Waals surface area contributed by atoms with Gasteiger partial charge in [0.2, 0.25) is 0 Å². The van der Waals surface area contributed by atoms with Crippen LogP contribution in [0.4, 0.5) is 5.69 Å². The summed E-state index contributed by atoms with van der Waals surface area (Å²) >= 11 is 0. The first-order chi connectivity index (χ1) is 14.5. The van der Waals surface area contributed by atoms with E-state index in [1.165, 1.54) is 0 Å². The number of carbonyl (C=O) groups excluding carboxylic acids is 2. The summed E-state index contributed by atoms with van der Waals surface area (Å²) in [5.41, 5.74) is 12.4. The minimum atomic E-state index is -0.514. The summed E-state index contributed by atoms with van der Waals surface area (Å²) in [6, 6.07) is 13.0. The van der Waals surface area contributed by atoms with E-state index < -0.39 is 5.97 Å². The Hall–Kier alpha value is -3.43. The fraction of sp³-hybridized carbons (Fsp3) is 0.286. The van der Waals surface area contributed by atoms with Crippen LogP contribution in [0.5, 0.6) is 5.75 Å². The molecule has 1 heterocycles. The molecule has 158 valence electrons. The Bertz CT molecular complexity index is 890. The SMILES string of the molecule is N=C(N)Nc1ccc(C(=O)Oc2ccc(C(=O)N3CCN(CCN)CC3)cc2)cc1. The summed E-state index contributed by atoms with van der Waals surface area (Å²) < 4.78 is 5.37. The minimum absolute atomic E-state index is 0.0335. The maximum Gasteiger partial charge on any atom is 0.343 e. The molecule has 1 saturated heterocycles. The largest absolute Gasteiger partial charge is 0.423 e. The van der Waals surface area contributed by atoms with E-state index in [1.807, 2.05) is 4.90 Å². The van der Waals surface area contributed by atoms with Crippen LogP contribution in [0.3, 0.4) is 0 Å². The number of carbonyl (C=O) groups is 2. The first-order valence-electron chi connectivity index (χ1n) is 9.71. The Morgan fingerprint density at radius 2 is 1.57 bits per heavy atom. The van der Waals surface area contributed by atoms with E-state index in [9.17, 15) is 9.59 Å². The van der Waals surface area contributed by atoms with Gasteiger partial charge in [-0.05, 0) is 48.5 Å². The molecule has 0 spiro atoms. The van der Waals surface area contributed by atoms with Gasteiger partial charge in [0, 0.05) is 50.5 Å². The van der Waals surface area contributed by atoms with E-state index in [0.29, 0.717) is 42.2 Å². The zero-order valence-corrected chi connectivity index (χ0v) is 16.6. The molecule has 3 rings (SSSR count). The van der Waals surface area contributed by atoms with E-state index >= 15 is 0 Å². The Balaban J connectivity index is 1.56. The summed E-state index contributed by atoms with van der Waals surface area (Å²) in [6.07, 6.45) is 0. The zero-order chi connectivity index (χ0) is 21.5. The van der Waals surface area contributed by atoms with Crippen molar-refractivity contribution in [2.45, 2.75) is 0 Å². The number of nitrogens with one attached hydrogen (secondary N) is 2. The van der Waals surface area contributed by atoms with Gasteiger partial charge in [0.1, 0.15) is 5.75 Å². The molecular formula is C21H26N6O3. The number of guanidine groups is 1. The quantitative estimate of drug-likeness (QED) is 0.240. The van der Waals surface area contributed by atoms with Gasteiger partial charge in [0.15, 0.2) is 5.96 Å². The van der Waals surface area contributed by atoms with Crippen molar-refractivity contribution in [3.8, 4) is 5.75 Å². The van der Waals surface area contributed by atoms with E-state index in [4.69, 9.17) is 21.6 Å². The molecule has 0 atom stereocenters. The highest BCUT2D eigenvalue weighted by Gasteiger charge is 2.21. The molecule has 9 heteroatoms. The molecular weight excluding hydrogens is 384 g/mol. The molecule has 6 N–H and O–H groups in total. The number of ether oxygens (including phenoxy) is 1. The van der Waals surface area contributed by atoms with E-state index in [1.54, 1.807) is 48.5 Å². The van der Waals surface area contributed by atoms with Crippen LogP contribution >= 0.6 is 0 Å². The second-order valence-corrected chi connectivity index (χ2v) is 6.95. The maximum atomic E-state index is 12.7. The van der Waals surface area contributed by atoms with Crippen molar-refractivity contribution in [3.05, 3.63) is 59.7 Å². The number of amides is 1. The van der Waals surface area contributed by atoms with Gasteiger partial charge in [-0.25, -0.2) is 4.79 Å². The van der Waals surface area contributed by atoms with Crippen LogP contribution in [0.1, 0.15) is 20.7 Å². The van der Waals surface area contributed by atoms with Crippen molar-refractivity contribution >= 4 is 23.5 Å². The highest BCUT2D eigenvalue weighted by Crippen LogP contribution is 2.17. The van der Waals surface area contributed by atoms with Gasteiger partial charge in [-0.1, -0.05) is 0 Å². The number of piperazine rings is 1. The third-order valence-corrected chi connectivity index (χ3v) is 4.82. The molecule has 0 aliphatic carbocycles. The molecule has 1 fully saturated rings. The predicted molar refractivity (Wildman–Crippen MR) is 115 cm³/mol. The van der Waals surface area contributed by atoms with Crippen molar-refractivity contribution in [1.29, 1.82) is 5.41 Å². The Kier molecular flexibility index (Phi) is 6.99. The van der Waals surface area contributed by atoms with Gasteiger partial charge in [0.25, 0.3) is 5.91 Å². The zero-order valence-electron chi connectivity index (χ0n) is 16.6. The number of esters is 1. The van der Waals surface area contributed by atoms with Gasteiger partial charge < -0.3 is 26.4 Å². The number of hydrogen-bond acceptors (Lipinski definition) is 6. The molecule has 1 aliphatic rings. The molecule has 9 nitrogen and oxygen atoms in total. The van der Waals surface area contributed by atoms with Gasteiger partial charge >= 0.3 is 5.97 Å². The lowest BCUT2D eigenvalue weighted by atomic mass is 10.1. The summed E-state index contributed by atoms with van der Waals surface area (Å²) in [5, 5.41) is 9.84. The molecule has 2 aromatic rings. The molecule has 1 amide bonds. The fourth-order valence-electron chi connectivity index (χ4n) is 3.22. The summed E-state index contributed by atoms with van der Waals surface area (Å²) in [6.45, 7) is 4.44. The minimum Gasteiger partial charge on any atom is -0.423 e. The van der Waals surface area contributed by atoms with Crippen LogP contribution in [0.25, 0.3) is 0 Å². The molecule has 2 aromatic carbocycles. The monoisotopic (exact) mass is 410 g/mol. The standard InChI is InChI=1S/C21H26N6O3/c22-9-10-26-11-13-27(14-12-26)19(28)15-3-7-18(8-4-15)30-20(29)16-1-5-17(6-2-16)25-21(23)24/h1-8H,9-14,22H2,(H4,23,24,25). The maximum absolute atomic E-state index is 12.7. The second kappa shape index (κ2) is 9.86. The van der Waals surface area contributed by atoms with Crippen molar-refractivity contribution in [2.24, 2.45) is 11.5 Å². The van der Waals surface area contributed by atoms with Crippen LogP contribution in [-0.4, -0.2) is 66.9 Å². The number of hydrogen-bond donors (Lipinski definition) is 4. The first-order valence-corrected chi connectivity index (χ1v) is 9.71. The van der Waals surface area contributed by atoms with E-state index in [0.717, 1.165) is 19.6 Å². The van der Waals surface area contributed by atoms with Crippen LogP contribution in [0.2, 0.25) is 0 Å². The third-order valence-electron chi connectivity index (χ3n) is 4.82. The molecule has 30 heavy (non-hydrogen) atoms. The number of nitrogens with zero attached hydrogens (tertiary/aromatic N) is 2. The summed E-state index contributed by atoms with van der Waals surface area (Å²) in [4.78, 5) is 29.0. The molecule has 0 aromatic heterocycles. The van der Waals surface area contributed by atoms with Crippen LogP contribution in [0.15, 0.2) is 48.5 Å². The van der Waals surface area contributed by atoms with Gasteiger partial charge in [-0.3, -0.25) is 15.1 Å². The molecule has 1 aliphatic heterocycles. The predicted octanol–water partition coefficient (Wildman–Crippen LogP) is 0.928. The average molecular weight is 410 g/mol. The normalized spacial score (nSPS) is 14.2. The highest BCUT2D eigenvalue weighted by molar-refractivity contribution is 5.95. The molecule has 0 radical (unpaired) electrons. The molecule has 0 saturated carbocycles. The van der Waals surface area contributed by atoms with Crippen LogP contribution < -0.4 is 21.5 Å². The number of nitrogens with two attached hydrogens (primary N) is 2. The smallest absolute Gasteiger partial charge is 0.343 e.